The van der Waals surface area contributed by atoms with E-state index in [4.69, 9.17) is 20.9 Å². The van der Waals surface area contributed by atoms with Gasteiger partial charge >= 0.3 is 5.97 Å². The van der Waals surface area contributed by atoms with Crippen LogP contribution in [0.3, 0.4) is 0 Å². The van der Waals surface area contributed by atoms with Gasteiger partial charge in [-0.3, -0.25) is 4.79 Å². The molecule has 0 aliphatic rings. The molecule has 29 heavy (non-hydrogen) atoms. The van der Waals surface area contributed by atoms with E-state index in [1.807, 2.05) is 22.8 Å². The van der Waals surface area contributed by atoms with Gasteiger partial charge in [-0.25, -0.2) is 15.0 Å². The molecule has 3 rings (SSSR count). The minimum atomic E-state index is -1.15. The summed E-state index contributed by atoms with van der Waals surface area (Å²) in [6.07, 6.45) is 1.70. The van der Waals surface area contributed by atoms with E-state index in [0.29, 0.717) is 29.3 Å². The highest BCUT2D eigenvalue weighted by atomic mass is 79.9. The molecule has 0 aliphatic heterocycles. The maximum absolute atomic E-state index is 12.0. The van der Waals surface area contributed by atoms with Gasteiger partial charge in [0.15, 0.2) is 22.1 Å². The van der Waals surface area contributed by atoms with Crippen molar-refractivity contribution in [2.45, 2.75) is 35.5 Å². The molecule has 0 amide bonds. The van der Waals surface area contributed by atoms with Gasteiger partial charge in [-0.1, -0.05) is 11.8 Å². The number of aryl methyl sites for hydroxylation is 1. The van der Waals surface area contributed by atoms with Crippen LogP contribution < -0.4 is 16.2 Å². The Morgan fingerprint density at radius 3 is 2.79 bits per heavy atom. The molecule has 1 aromatic carbocycles. The van der Waals surface area contributed by atoms with E-state index in [1.165, 1.54) is 25.2 Å². The molecule has 4 N–H and O–H groups in total. The molecule has 154 valence electrons. The third kappa shape index (κ3) is 4.46. The first-order valence-corrected chi connectivity index (χ1v) is 10.2. The van der Waals surface area contributed by atoms with E-state index in [-0.39, 0.29) is 5.82 Å². The van der Waals surface area contributed by atoms with Crippen molar-refractivity contribution in [3.63, 3.8) is 0 Å². The SMILES string of the molecule is COC(=O)[C@](C)(N)CCn1c(Sc2cc(OC)ccc2Br)nc2c(N)ncnc21. The maximum Gasteiger partial charge on any atom is 0.325 e. The van der Waals surface area contributed by atoms with Crippen molar-refractivity contribution in [2.24, 2.45) is 5.73 Å². The number of hydrogen-bond acceptors (Lipinski definition) is 9. The van der Waals surface area contributed by atoms with Crippen LogP contribution in [0.2, 0.25) is 0 Å². The number of ether oxygens (including phenoxy) is 2. The third-order valence-electron chi connectivity index (χ3n) is 4.37. The van der Waals surface area contributed by atoms with Gasteiger partial charge in [-0.2, -0.15) is 0 Å². The maximum atomic E-state index is 12.0. The molecule has 3 aromatic rings. The number of carbonyl (C=O) groups excluding carboxylic acids is 1. The normalized spacial score (nSPS) is 13.3. The number of nitrogens with two attached hydrogens (primary N) is 2. The summed E-state index contributed by atoms with van der Waals surface area (Å²) in [5.74, 6) is 0.516. The van der Waals surface area contributed by atoms with Crippen LogP contribution in [0.4, 0.5) is 5.82 Å². The molecule has 0 bridgehead atoms. The lowest BCUT2D eigenvalue weighted by atomic mass is 10.00. The highest BCUT2D eigenvalue weighted by Gasteiger charge is 2.30. The lowest BCUT2D eigenvalue weighted by molar-refractivity contribution is -0.146. The largest absolute Gasteiger partial charge is 0.497 e. The number of methoxy groups -OCH3 is 2. The van der Waals surface area contributed by atoms with Crippen LogP contribution in [0, 0.1) is 0 Å². The van der Waals surface area contributed by atoms with Crippen LogP contribution >= 0.6 is 27.7 Å². The van der Waals surface area contributed by atoms with Gasteiger partial charge in [0.1, 0.15) is 17.6 Å². The molecule has 0 saturated heterocycles. The molecule has 0 saturated carbocycles. The number of fused-ring (bicyclic) bond motifs is 1. The van der Waals surface area contributed by atoms with E-state index < -0.39 is 11.5 Å². The van der Waals surface area contributed by atoms with Crippen LogP contribution in [0.1, 0.15) is 13.3 Å². The Labute approximate surface area is 180 Å². The van der Waals surface area contributed by atoms with Crippen molar-refractivity contribution < 1.29 is 14.3 Å². The Bertz CT molecular complexity index is 1060. The first-order chi connectivity index (χ1) is 13.8. The molecule has 9 nitrogen and oxygen atoms in total. The fourth-order valence-corrected chi connectivity index (χ4v) is 4.13. The number of hydrogen-bond donors (Lipinski definition) is 2. The summed E-state index contributed by atoms with van der Waals surface area (Å²) >= 11 is 4.97. The quantitative estimate of drug-likeness (QED) is 0.489. The fraction of sp³-hybridized carbons (Fsp3) is 0.333. The summed E-state index contributed by atoms with van der Waals surface area (Å²) < 4.78 is 12.9. The summed E-state index contributed by atoms with van der Waals surface area (Å²) in [5, 5.41) is 0.641. The zero-order chi connectivity index (χ0) is 21.2. The zero-order valence-electron chi connectivity index (χ0n) is 16.2. The average molecular weight is 481 g/mol. The van der Waals surface area contributed by atoms with Crippen molar-refractivity contribution in [3.8, 4) is 5.75 Å². The first-order valence-electron chi connectivity index (χ1n) is 8.62. The van der Waals surface area contributed by atoms with Crippen LogP contribution in [-0.4, -0.2) is 45.2 Å². The predicted octanol–water partition coefficient (Wildman–Crippen LogP) is 2.61. The van der Waals surface area contributed by atoms with Gasteiger partial charge in [0.25, 0.3) is 0 Å². The molecule has 1 atom stereocenters. The standard InChI is InChI=1S/C18H21BrN6O3S/c1-18(21,16(26)28-3)6-7-25-15-13(14(20)22-9-23-15)24-17(25)29-12-8-10(27-2)4-5-11(12)19/h4-5,8-9H,6-7,21H2,1-3H3,(H2,20,22,23)/t18-/m1/s1. The predicted molar refractivity (Wildman–Crippen MR) is 114 cm³/mol. The van der Waals surface area contributed by atoms with E-state index in [1.54, 1.807) is 14.0 Å². The minimum Gasteiger partial charge on any atom is -0.497 e. The molecule has 0 unspecified atom stereocenters. The Kier molecular flexibility index (Phi) is 6.30. The van der Waals surface area contributed by atoms with Gasteiger partial charge < -0.3 is 25.5 Å². The van der Waals surface area contributed by atoms with E-state index in [2.05, 4.69) is 30.9 Å². The lowest BCUT2D eigenvalue weighted by Gasteiger charge is -2.22. The van der Waals surface area contributed by atoms with E-state index >= 15 is 0 Å². The molecule has 0 fully saturated rings. The number of imidazole rings is 1. The number of anilines is 1. The summed E-state index contributed by atoms with van der Waals surface area (Å²) in [6.45, 7) is 2.02. The van der Waals surface area contributed by atoms with Crippen LogP contribution in [0.25, 0.3) is 11.2 Å². The van der Waals surface area contributed by atoms with Crippen molar-refractivity contribution in [2.75, 3.05) is 20.0 Å². The first kappa shape index (κ1) is 21.3. The Balaban J connectivity index is 2.02. The van der Waals surface area contributed by atoms with Gasteiger partial charge in [0.05, 0.1) is 14.2 Å². The summed E-state index contributed by atoms with van der Waals surface area (Å²) in [4.78, 5) is 25.8. The topological polar surface area (TPSA) is 131 Å². The molecular formula is C18H21BrN6O3S. The van der Waals surface area contributed by atoms with Crippen LogP contribution in [0.15, 0.2) is 39.1 Å². The number of nitrogen functional groups attached to an aromatic ring is 1. The van der Waals surface area contributed by atoms with Gasteiger partial charge in [0, 0.05) is 15.9 Å². The van der Waals surface area contributed by atoms with Crippen molar-refractivity contribution in [1.82, 2.24) is 19.5 Å². The van der Waals surface area contributed by atoms with E-state index in [0.717, 1.165) is 15.1 Å². The lowest BCUT2D eigenvalue weighted by Crippen LogP contribution is -2.46. The monoisotopic (exact) mass is 480 g/mol. The fourth-order valence-electron chi connectivity index (χ4n) is 2.68. The Morgan fingerprint density at radius 1 is 1.34 bits per heavy atom. The number of nitrogens with zero attached hydrogens (tertiary/aromatic N) is 4. The molecule has 2 heterocycles. The number of esters is 1. The average Bonchev–Trinajstić information content (AvgIpc) is 3.06. The summed E-state index contributed by atoms with van der Waals surface area (Å²) in [5.41, 5.74) is 12.0. The second kappa shape index (κ2) is 8.56. The van der Waals surface area contributed by atoms with Gasteiger partial charge in [-0.05, 0) is 47.5 Å². The molecule has 0 aliphatic carbocycles. The number of rotatable bonds is 7. The second-order valence-electron chi connectivity index (χ2n) is 6.53. The molecular weight excluding hydrogens is 460 g/mol. The number of carbonyl (C=O) groups is 1. The molecule has 2 aromatic heterocycles. The Hall–Kier alpha value is -2.37. The number of halogens is 1. The molecule has 11 heteroatoms. The number of benzene rings is 1. The second-order valence-corrected chi connectivity index (χ2v) is 8.40. The summed E-state index contributed by atoms with van der Waals surface area (Å²) in [7, 11) is 2.92. The van der Waals surface area contributed by atoms with Crippen LogP contribution in [0.5, 0.6) is 5.75 Å². The van der Waals surface area contributed by atoms with Gasteiger partial charge in [-0.15, -0.1) is 0 Å². The van der Waals surface area contributed by atoms with E-state index in [9.17, 15) is 4.79 Å². The third-order valence-corrected chi connectivity index (χ3v) is 6.38. The zero-order valence-corrected chi connectivity index (χ0v) is 18.6. The summed E-state index contributed by atoms with van der Waals surface area (Å²) in [6, 6.07) is 5.66. The molecule has 0 radical (unpaired) electrons. The smallest absolute Gasteiger partial charge is 0.325 e. The van der Waals surface area contributed by atoms with Gasteiger partial charge in [0.2, 0.25) is 0 Å². The Morgan fingerprint density at radius 2 is 2.10 bits per heavy atom. The molecule has 0 spiro atoms. The van der Waals surface area contributed by atoms with Crippen LogP contribution in [-0.2, 0) is 16.1 Å². The van der Waals surface area contributed by atoms with Crippen molar-refractivity contribution in [1.29, 1.82) is 0 Å². The highest BCUT2D eigenvalue weighted by molar-refractivity contribution is 9.10. The highest BCUT2D eigenvalue weighted by Crippen LogP contribution is 2.37. The number of aromatic nitrogens is 4. The minimum absolute atomic E-state index is 0.281. The van der Waals surface area contributed by atoms with Crippen molar-refractivity contribution in [3.05, 3.63) is 29.0 Å². The van der Waals surface area contributed by atoms with Crippen molar-refractivity contribution >= 4 is 50.6 Å².